The maximum absolute atomic E-state index is 13.0. The van der Waals surface area contributed by atoms with Crippen molar-refractivity contribution < 1.29 is 4.79 Å². The Kier molecular flexibility index (Phi) is 5.54. The van der Waals surface area contributed by atoms with E-state index in [0.29, 0.717) is 11.6 Å². The molecule has 2 fully saturated rings. The fourth-order valence-electron chi connectivity index (χ4n) is 3.81. The number of carbonyl (C=O) groups excluding carboxylic acids is 1. The number of aromatic nitrogens is 1. The molecule has 0 spiro atoms. The van der Waals surface area contributed by atoms with Crippen molar-refractivity contribution in [1.82, 2.24) is 15.2 Å². The second-order valence-electron chi connectivity index (χ2n) is 7.46. The second-order valence-corrected chi connectivity index (χ2v) is 7.46. The number of hydrogen-bond donors (Lipinski definition) is 1. The number of hydrogen-bond acceptors (Lipinski definition) is 5. The summed E-state index contributed by atoms with van der Waals surface area (Å²) in [6.07, 6.45) is 4.81. The largest absolute Gasteiger partial charge is 0.354 e. The zero-order chi connectivity index (χ0) is 19.3. The summed E-state index contributed by atoms with van der Waals surface area (Å²) in [5.74, 6) is 0.836. The number of pyridine rings is 1. The van der Waals surface area contributed by atoms with E-state index in [2.05, 4.69) is 26.2 Å². The highest BCUT2D eigenvalue weighted by molar-refractivity contribution is 5.83. The predicted octanol–water partition coefficient (Wildman–Crippen LogP) is 2.49. The van der Waals surface area contributed by atoms with E-state index >= 15 is 0 Å². The van der Waals surface area contributed by atoms with Gasteiger partial charge in [-0.2, -0.15) is 5.26 Å². The van der Waals surface area contributed by atoms with Crippen LogP contribution in [-0.2, 0) is 4.79 Å². The summed E-state index contributed by atoms with van der Waals surface area (Å²) in [6, 6.07) is 15.9. The third-order valence-corrected chi connectivity index (χ3v) is 5.39. The van der Waals surface area contributed by atoms with Crippen LogP contribution in [0.4, 0.5) is 5.82 Å². The van der Waals surface area contributed by atoms with E-state index in [1.807, 2.05) is 30.3 Å². The molecular weight excluding hydrogens is 350 g/mol. The van der Waals surface area contributed by atoms with Crippen molar-refractivity contribution in [1.29, 1.82) is 5.26 Å². The van der Waals surface area contributed by atoms with Crippen molar-refractivity contribution in [2.24, 2.45) is 0 Å². The van der Waals surface area contributed by atoms with Gasteiger partial charge in [0.15, 0.2) is 0 Å². The highest BCUT2D eigenvalue weighted by atomic mass is 16.2. The van der Waals surface area contributed by atoms with Gasteiger partial charge in [0, 0.05) is 38.4 Å². The summed E-state index contributed by atoms with van der Waals surface area (Å²) in [6.45, 7) is 3.15. The zero-order valence-electron chi connectivity index (χ0n) is 15.9. The van der Waals surface area contributed by atoms with Crippen LogP contribution in [0.25, 0.3) is 0 Å². The van der Waals surface area contributed by atoms with Crippen LogP contribution < -0.4 is 10.2 Å². The van der Waals surface area contributed by atoms with Crippen LogP contribution in [0.3, 0.4) is 0 Å². The standard InChI is InChI=1S/C22H25N5O/c23-16-18-8-4-11-24-21(18)27-13-5-12-26(14-15-27)20(17-6-2-1-3-7-17)22(28)25-19-9-10-19/h1-4,6-8,11,19-20H,5,9-10,12-15H2,(H,25,28). The van der Waals surface area contributed by atoms with Gasteiger partial charge in [0.2, 0.25) is 5.91 Å². The minimum Gasteiger partial charge on any atom is -0.354 e. The molecule has 0 radical (unpaired) electrons. The lowest BCUT2D eigenvalue weighted by molar-refractivity contribution is -0.126. The van der Waals surface area contributed by atoms with Gasteiger partial charge < -0.3 is 10.2 Å². The molecule has 2 aromatic rings. The summed E-state index contributed by atoms with van der Waals surface area (Å²) < 4.78 is 0. The number of rotatable bonds is 5. The van der Waals surface area contributed by atoms with Crippen LogP contribution in [0.2, 0.25) is 0 Å². The lowest BCUT2D eigenvalue weighted by Gasteiger charge is -2.30. The first-order chi connectivity index (χ1) is 13.8. The molecule has 1 N–H and O–H groups in total. The molecule has 1 aliphatic carbocycles. The molecule has 1 aromatic heterocycles. The SMILES string of the molecule is N#Cc1cccnc1N1CCCN(C(C(=O)NC2CC2)c2ccccc2)CC1. The van der Waals surface area contributed by atoms with Gasteiger partial charge in [0.25, 0.3) is 0 Å². The van der Waals surface area contributed by atoms with Crippen molar-refractivity contribution in [2.45, 2.75) is 31.3 Å². The van der Waals surface area contributed by atoms with E-state index in [1.165, 1.54) is 0 Å². The number of nitriles is 1. The molecule has 2 heterocycles. The molecule has 0 bridgehead atoms. The molecule has 144 valence electrons. The Morgan fingerprint density at radius 3 is 2.68 bits per heavy atom. The average Bonchev–Trinajstić information content (AvgIpc) is 3.56. The predicted molar refractivity (Wildman–Crippen MR) is 108 cm³/mol. The van der Waals surface area contributed by atoms with Crippen molar-refractivity contribution in [3.63, 3.8) is 0 Å². The zero-order valence-corrected chi connectivity index (χ0v) is 15.9. The van der Waals surface area contributed by atoms with Crippen molar-refractivity contribution in [2.75, 3.05) is 31.1 Å². The van der Waals surface area contributed by atoms with Crippen LogP contribution in [0.5, 0.6) is 0 Å². The van der Waals surface area contributed by atoms with Gasteiger partial charge in [-0.1, -0.05) is 30.3 Å². The summed E-state index contributed by atoms with van der Waals surface area (Å²) >= 11 is 0. The molecule has 1 amide bonds. The Morgan fingerprint density at radius 2 is 1.93 bits per heavy atom. The lowest BCUT2D eigenvalue weighted by Crippen LogP contribution is -2.43. The Labute approximate surface area is 165 Å². The number of anilines is 1. The summed E-state index contributed by atoms with van der Waals surface area (Å²) in [5, 5.41) is 12.6. The fraction of sp³-hybridized carbons (Fsp3) is 0.409. The lowest BCUT2D eigenvalue weighted by atomic mass is 10.0. The highest BCUT2D eigenvalue weighted by Gasteiger charge is 2.33. The van der Waals surface area contributed by atoms with Crippen molar-refractivity contribution >= 4 is 11.7 Å². The van der Waals surface area contributed by atoms with Gasteiger partial charge in [-0.15, -0.1) is 0 Å². The minimum atomic E-state index is -0.277. The third-order valence-electron chi connectivity index (χ3n) is 5.39. The van der Waals surface area contributed by atoms with Gasteiger partial charge in [-0.05, 0) is 37.0 Å². The van der Waals surface area contributed by atoms with E-state index < -0.39 is 0 Å². The molecule has 1 atom stereocenters. The van der Waals surface area contributed by atoms with Gasteiger partial charge in [0.05, 0.1) is 5.56 Å². The minimum absolute atomic E-state index is 0.0951. The van der Waals surface area contributed by atoms with E-state index in [9.17, 15) is 10.1 Å². The number of nitrogens with one attached hydrogen (secondary N) is 1. The first-order valence-electron chi connectivity index (χ1n) is 9.95. The molecule has 2 aliphatic rings. The molecule has 1 saturated heterocycles. The third kappa shape index (κ3) is 4.15. The van der Waals surface area contributed by atoms with Crippen LogP contribution in [0, 0.1) is 11.3 Å². The molecular formula is C22H25N5O. The average molecular weight is 375 g/mol. The number of benzene rings is 1. The Balaban J connectivity index is 1.53. The summed E-state index contributed by atoms with van der Waals surface area (Å²) in [4.78, 5) is 21.9. The van der Waals surface area contributed by atoms with Gasteiger partial charge in [0.1, 0.15) is 17.9 Å². The van der Waals surface area contributed by atoms with Crippen molar-refractivity contribution in [3.05, 3.63) is 59.8 Å². The maximum Gasteiger partial charge on any atom is 0.242 e. The van der Waals surface area contributed by atoms with E-state index in [0.717, 1.165) is 56.8 Å². The second kappa shape index (κ2) is 8.41. The highest BCUT2D eigenvalue weighted by Crippen LogP contribution is 2.27. The molecule has 4 rings (SSSR count). The molecule has 6 nitrogen and oxygen atoms in total. The van der Waals surface area contributed by atoms with E-state index in [-0.39, 0.29) is 11.9 Å². The van der Waals surface area contributed by atoms with Gasteiger partial charge in [-0.3, -0.25) is 9.69 Å². The first kappa shape index (κ1) is 18.5. The van der Waals surface area contributed by atoms with E-state index in [1.54, 1.807) is 18.3 Å². The number of nitrogens with zero attached hydrogens (tertiary/aromatic N) is 4. The fourth-order valence-corrected chi connectivity index (χ4v) is 3.81. The topological polar surface area (TPSA) is 72.3 Å². The molecule has 1 aromatic carbocycles. The molecule has 28 heavy (non-hydrogen) atoms. The van der Waals surface area contributed by atoms with Crippen LogP contribution >= 0.6 is 0 Å². The number of amides is 1. The molecule has 1 saturated carbocycles. The Morgan fingerprint density at radius 1 is 1.11 bits per heavy atom. The quantitative estimate of drug-likeness (QED) is 0.869. The Hall–Kier alpha value is -2.91. The summed E-state index contributed by atoms with van der Waals surface area (Å²) in [5.41, 5.74) is 1.63. The maximum atomic E-state index is 13.0. The number of carbonyl (C=O) groups is 1. The normalized spacial score (nSPS) is 18.8. The van der Waals surface area contributed by atoms with Crippen molar-refractivity contribution in [3.8, 4) is 6.07 Å². The Bertz CT molecular complexity index is 859. The molecule has 6 heteroatoms. The van der Waals surface area contributed by atoms with Gasteiger partial charge >= 0.3 is 0 Å². The van der Waals surface area contributed by atoms with Gasteiger partial charge in [-0.25, -0.2) is 4.98 Å². The smallest absolute Gasteiger partial charge is 0.242 e. The van der Waals surface area contributed by atoms with Crippen LogP contribution in [0.15, 0.2) is 48.7 Å². The van der Waals surface area contributed by atoms with E-state index in [4.69, 9.17) is 0 Å². The molecule has 1 aliphatic heterocycles. The monoisotopic (exact) mass is 375 g/mol. The molecule has 1 unspecified atom stereocenters. The summed E-state index contributed by atoms with van der Waals surface area (Å²) in [7, 11) is 0. The van der Waals surface area contributed by atoms with Crippen LogP contribution in [0.1, 0.15) is 36.4 Å². The van der Waals surface area contributed by atoms with Crippen LogP contribution in [-0.4, -0.2) is 48.0 Å². The first-order valence-corrected chi connectivity index (χ1v) is 9.95.